The first-order chi connectivity index (χ1) is 9.19. The molecule has 0 heterocycles. The maximum absolute atomic E-state index is 9.40. The van der Waals surface area contributed by atoms with Gasteiger partial charge < -0.3 is 0 Å². The van der Waals surface area contributed by atoms with Crippen LogP contribution in [0.2, 0.25) is 15.8 Å². The minimum atomic E-state index is -3.05. The van der Waals surface area contributed by atoms with Crippen LogP contribution in [-0.2, 0) is 30.3 Å². The maximum atomic E-state index is 9.40. The molecule has 1 rings (SSSR count). The average Bonchev–Trinajstić information content (AvgIpc) is 3.03. The first-order valence-electron chi connectivity index (χ1n) is 6.07. The van der Waals surface area contributed by atoms with E-state index in [0.29, 0.717) is 0 Å². The summed E-state index contributed by atoms with van der Waals surface area (Å²) in [5.41, 5.74) is 0. The summed E-state index contributed by atoms with van der Waals surface area (Å²) in [4.78, 5) is 28.2. The topological polar surface area (TPSA) is 51.2 Å². The van der Waals surface area contributed by atoms with E-state index in [1.54, 1.807) is 0 Å². The summed E-state index contributed by atoms with van der Waals surface area (Å²) in [6, 6.07) is 10.0. The quantitative estimate of drug-likeness (QED) is 0.482. The minimum absolute atomic E-state index is 0.403. The van der Waals surface area contributed by atoms with Crippen molar-refractivity contribution in [3.05, 3.63) is 30.3 Å². The first-order valence-corrected chi connectivity index (χ1v) is 14.9. The summed E-state index contributed by atoms with van der Waals surface area (Å²) in [6.45, 7) is 7.01. The van der Waals surface area contributed by atoms with Crippen molar-refractivity contribution in [3.63, 3.8) is 0 Å². The molecule has 0 bridgehead atoms. The Labute approximate surface area is 124 Å². The van der Waals surface area contributed by atoms with Crippen molar-refractivity contribution >= 4 is 27.1 Å². The Morgan fingerprint density at radius 1 is 0.895 bits per heavy atom. The fourth-order valence-corrected chi connectivity index (χ4v) is 4.64. The van der Waals surface area contributed by atoms with Crippen LogP contribution in [0, 0.1) is 0 Å². The summed E-state index contributed by atoms with van der Waals surface area (Å²) >= 11 is -3.45. The minimum Gasteiger partial charge on any atom is -0.214 e. The van der Waals surface area contributed by atoms with Crippen LogP contribution >= 0.6 is 0 Å². The van der Waals surface area contributed by atoms with Crippen LogP contribution in [0.15, 0.2) is 30.3 Å². The normalized spacial score (nSPS) is 7.79. The van der Waals surface area contributed by atoms with E-state index in [1.807, 2.05) is 30.3 Å². The van der Waals surface area contributed by atoms with Crippen LogP contribution in [0.1, 0.15) is 20.8 Å². The fraction of sp³-hybridized carbons (Fsp3) is 0.429. The molecule has 0 aliphatic carbocycles. The van der Waals surface area contributed by atoms with Gasteiger partial charge >= 0.3 is 94.0 Å². The summed E-state index contributed by atoms with van der Waals surface area (Å²) in [5.74, 6) is 0. The van der Waals surface area contributed by atoms with Crippen LogP contribution in [0.5, 0.6) is 0 Å². The van der Waals surface area contributed by atoms with Gasteiger partial charge in [0, 0.05) is 0 Å². The van der Waals surface area contributed by atoms with Gasteiger partial charge in [-0.2, -0.15) is 18.2 Å². The van der Waals surface area contributed by atoms with Crippen molar-refractivity contribution in [1.82, 2.24) is 0 Å². The van der Waals surface area contributed by atoms with E-state index in [4.69, 9.17) is 0 Å². The second-order valence-electron chi connectivity index (χ2n) is 3.33. The zero-order valence-corrected chi connectivity index (χ0v) is 16.7. The third-order valence-corrected chi connectivity index (χ3v) is 10.4. The van der Waals surface area contributed by atoms with Gasteiger partial charge in [0.25, 0.3) is 0 Å². The molecule has 0 amide bonds. The number of rotatable bonds is 3. The molecule has 1 aromatic carbocycles. The van der Waals surface area contributed by atoms with Crippen LogP contribution in [-0.4, -0.2) is 27.1 Å². The molecular formula is C14H20GeO3W-. The van der Waals surface area contributed by atoms with Crippen LogP contribution in [0.3, 0.4) is 0 Å². The van der Waals surface area contributed by atoms with E-state index in [0.717, 1.165) is 0 Å². The molecule has 1 radical (unpaired) electrons. The van der Waals surface area contributed by atoms with E-state index in [2.05, 4.69) is 20.8 Å². The van der Waals surface area contributed by atoms with Gasteiger partial charge in [-0.1, -0.05) is 0 Å². The molecule has 0 unspecified atom stereocenters. The van der Waals surface area contributed by atoms with E-state index < -0.39 is 30.3 Å². The predicted octanol–water partition coefficient (Wildman–Crippen LogP) is 2.75. The molecule has 105 valence electrons. The van der Waals surface area contributed by atoms with E-state index in [-0.39, 0.29) is 0 Å². The van der Waals surface area contributed by atoms with Crippen molar-refractivity contribution in [3.8, 4) is 0 Å². The molecule has 0 saturated carbocycles. The summed E-state index contributed by atoms with van der Waals surface area (Å²) in [5, 5.41) is 4.56. The van der Waals surface area contributed by atoms with Gasteiger partial charge in [0.15, 0.2) is 0 Å². The molecule has 0 saturated heterocycles. The molecular weight excluding hydrogens is 473 g/mol. The molecule has 3 nitrogen and oxygen atoms in total. The summed E-state index contributed by atoms with van der Waals surface area (Å²) < 4.78 is 3.90. The third kappa shape index (κ3) is 15.3. The van der Waals surface area contributed by atoms with Gasteiger partial charge in [-0.3, -0.25) is 0 Å². The molecule has 1 aromatic rings. The van der Waals surface area contributed by atoms with Gasteiger partial charge in [-0.05, 0) is 0 Å². The Kier molecular flexibility index (Phi) is 18.8. The van der Waals surface area contributed by atoms with Gasteiger partial charge in [0.2, 0.25) is 0 Å². The van der Waals surface area contributed by atoms with Crippen molar-refractivity contribution < 1.29 is 30.3 Å². The molecule has 0 aromatic heterocycles. The van der Waals surface area contributed by atoms with E-state index >= 15 is 0 Å². The van der Waals surface area contributed by atoms with Gasteiger partial charge in [-0.25, -0.2) is 12.1 Å². The van der Waals surface area contributed by atoms with E-state index in [9.17, 15) is 14.4 Å². The SMILES string of the molecule is C[CH2][Ge]([CH2]C)[CH2]C.O=[C]=[W](=[C]=O)=[C]=O.c1cc[cH-]c1. The van der Waals surface area contributed by atoms with Crippen LogP contribution in [0.4, 0.5) is 0 Å². The third-order valence-electron chi connectivity index (χ3n) is 2.31. The first kappa shape index (κ1) is 20.6. The van der Waals surface area contributed by atoms with Gasteiger partial charge in [0.05, 0.1) is 0 Å². The monoisotopic (exact) mass is 494 g/mol. The van der Waals surface area contributed by atoms with Crippen molar-refractivity contribution in [2.24, 2.45) is 0 Å². The van der Waals surface area contributed by atoms with Gasteiger partial charge in [-0.15, -0.1) is 0 Å². The molecule has 0 spiro atoms. The second-order valence-corrected chi connectivity index (χ2v) is 14.9. The zero-order chi connectivity index (χ0) is 14.9. The molecule has 0 aliphatic rings. The zero-order valence-electron chi connectivity index (χ0n) is 11.6. The summed E-state index contributed by atoms with van der Waals surface area (Å²) in [6.07, 6.45) is 0. The van der Waals surface area contributed by atoms with E-state index in [1.165, 1.54) is 28.6 Å². The molecule has 5 heteroatoms. The average molecular weight is 493 g/mol. The standard InChI is InChI=1S/C6H15Ge.C5H5.3CO.W/c1-4-7(5-2)6-3;1-2-4-5-3-1;3*1-2;/h4-6H2,1-3H3;1-5H;;;;/q;-1;;;;. The molecule has 19 heavy (non-hydrogen) atoms. The van der Waals surface area contributed by atoms with Crippen molar-refractivity contribution in [2.75, 3.05) is 0 Å². The molecule has 0 fully saturated rings. The Bertz CT molecular complexity index is 429. The maximum Gasteiger partial charge on any atom is -0.172 e. The second kappa shape index (κ2) is 17.3. The predicted molar refractivity (Wildman–Crippen MR) is 76.3 cm³/mol. The smallest absolute Gasteiger partial charge is 0.172 e. The van der Waals surface area contributed by atoms with Crippen LogP contribution in [0.25, 0.3) is 0 Å². The number of hydrogen-bond donors (Lipinski definition) is 0. The number of hydrogen-bond acceptors (Lipinski definition) is 3. The largest absolute Gasteiger partial charge is 0.214 e. The molecule has 0 atom stereocenters. The van der Waals surface area contributed by atoms with Crippen molar-refractivity contribution in [1.29, 1.82) is 0 Å². The Hall–Kier alpha value is -0.679. The summed E-state index contributed by atoms with van der Waals surface area (Å²) in [7, 11) is 0. The Balaban J connectivity index is 0. The molecule has 0 aliphatic heterocycles. The molecule has 0 N–H and O–H groups in total. The van der Waals surface area contributed by atoms with Gasteiger partial charge in [0.1, 0.15) is 0 Å². The van der Waals surface area contributed by atoms with Crippen LogP contribution < -0.4 is 0 Å². The number of carbonyl (C=O) groups excluding carboxylic acids is 3. The Morgan fingerprint density at radius 3 is 1.32 bits per heavy atom. The fourth-order valence-electron chi connectivity index (χ4n) is 1.12. The van der Waals surface area contributed by atoms with Crippen molar-refractivity contribution in [2.45, 2.75) is 36.5 Å². The Morgan fingerprint density at radius 2 is 1.26 bits per heavy atom.